The maximum atomic E-state index is 14.7. The van der Waals surface area contributed by atoms with Crippen molar-refractivity contribution in [3.05, 3.63) is 107 Å². The topological polar surface area (TPSA) is 230 Å². The minimum atomic E-state index is -1.30. The van der Waals surface area contributed by atoms with Crippen LogP contribution in [0.4, 0.5) is 0 Å². The second kappa shape index (κ2) is 22.5. The molecule has 7 N–H and O–H groups in total. The molecule has 0 fully saturated rings. The third-order valence-electron chi connectivity index (χ3n) is 12.0. The number of primary amides is 1. The van der Waals surface area contributed by atoms with E-state index in [1.807, 2.05) is 24.3 Å². The number of hydrogen-bond donors (Lipinski definition) is 5. The molecule has 1 aliphatic rings. The van der Waals surface area contributed by atoms with E-state index in [1.54, 1.807) is 50.2 Å². The fourth-order valence-corrected chi connectivity index (χ4v) is 8.39. The van der Waals surface area contributed by atoms with Gasteiger partial charge in [0.2, 0.25) is 23.6 Å². The molecule has 0 aromatic heterocycles. The molecule has 15 heteroatoms. The molecule has 0 saturated heterocycles. The number of nitrogens with two attached hydrogens (primary N) is 2. The summed E-state index contributed by atoms with van der Waals surface area (Å²) < 4.78 is 0. The highest BCUT2D eigenvalue weighted by Gasteiger charge is 2.36. The molecule has 1 heterocycles. The lowest BCUT2D eigenvalue weighted by molar-refractivity contribution is -0.142. The number of likely N-dealkylation sites (N-methyl/N-ethyl adjacent to an activating group) is 2. The maximum Gasteiger partial charge on any atom is 0.237 e. The largest absolute Gasteiger partial charge is 0.507 e. The molecule has 0 saturated carbocycles. The van der Waals surface area contributed by atoms with E-state index >= 15 is 0 Å². The Morgan fingerprint density at radius 3 is 2.06 bits per heavy atom. The number of nitrogens with one attached hydrogen (secondary N) is 1. The molecule has 0 radical (unpaired) electrons. The zero-order chi connectivity index (χ0) is 47.5. The summed E-state index contributed by atoms with van der Waals surface area (Å²) in [7, 11) is 1.46. The zero-order valence-corrected chi connectivity index (χ0v) is 38.0. The minimum Gasteiger partial charge on any atom is -0.507 e. The number of aromatic hydroxyl groups is 2. The average Bonchev–Trinajstić information content (AvgIpc) is 3.28. The number of carbonyl (C=O) groups excluding carboxylic acids is 7. The molecule has 4 amide bonds. The van der Waals surface area contributed by atoms with Crippen molar-refractivity contribution in [3.63, 3.8) is 0 Å². The summed E-state index contributed by atoms with van der Waals surface area (Å²) in [5.41, 5.74) is 14.4. The van der Waals surface area contributed by atoms with Crippen molar-refractivity contribution in [2.75, 3.05) is 26.7 Å². The van der Waals surface area contributed by atoms with E-state index in [1.165, 1.54) is 48.0 Å². The number of carbonyl (C=O) groups is 7. The van der Waals surface area contributed by atoms with Crippen LogP contribution in [0, 0.1) is 17.8 Å². The van der Waals surface area contributed by atoms with Crippen molar-refractivity contribution in [3.8, 4) is 33.8 Å². The van der Waals surface area contributed by atoms with Gasteiger partial charge in [0, 0.05) is 72.3 Å². The van der Waals surface area contributed by atoms with Gasteiger partial charge in [-0.25, -0.2) is 0 Å². The Morgan fingerprint density at radius 2 is 1.45 bits per heavy atom. The standard InChI is InChI=1S/C50H58ClN5O9/c1-5-56(28-46(53)62)49(64)30(3)23-44(60)40-25-31-9-19-41(57)38(24-31)39-26-35(16-20-42(39)58)47(45(61)22-29(2)48(63)54-40)55(4)50(65)36(8-6-7-21-52)27-43(59)34-12-10-32(11-13-34)33-14-17-37(51)18-15-33/h9-20,24,26,29-30,36,40,47,57-58H,5-8,21-23,25,27-28,52H2,1-4H3,(H2,53,62)(H,54,63)/t29-,30-,36-,40+,47+/m1/s1. The first-order valence-electron chi connectivity index (χ1n) is 21.9. The van der Waals surface area contributed by atoms with Crippen molar-refractivity contribution >= 4 is 52.6 Å². The normalized spacial score (nSPS) is 17.2. The fraction of sp³-hybridized carbons (Fsp3) is 0.380. The molecule has 4 aromatic rings. The number of hydrogen-bond acceptors (Lipinski definition) is 10. The first kappa shape index (κ1) is 49.6. The van der Waals surface area contributed by atoms with Gasteiger partial charge in [-0.05, 0) is 91.4 Å². The Kier molecular flexibility index (Phi) is 17.2. The second-order valence-corrected chi connectivity index (χ2v) is 17.3. The van der Waals surface area contributed by atoms with Crippen molar-refractivity contribution in [1.29, 1.82) is 0 Å². The van der Waals surface area contributed by atoms with Crippen LogP contribution in [0.25, 0.3) is 22.3 Å². The number of phenols is 2. The summed E-state index contributed by atoms with van der Waals surface area (Å²) in [5, 5.41) is 25.7. The van der Waals surface area contributed by atoms with E-state index < -0.39 is 65.0 Å². The van der Waals surface area contributed by atoms with Crippen LogP contribution in [0.2, 0.25) is 5.02 Å². The molecule has 0 aliphatic carbocycles. The van der Waals surface area contributed by atoms with Gasteiger partial charge in [0.15, 0.2) is 17.3 Å². The van der Waals surface area contributed by atoms with Crippen LogP contribution in [-0.4, -0.2) is 93.7 Å². The summed E-state index contributed by atoms with van der Waals surface area (Å²) >= 11 is 6.06. The molecular weight excluding hydrogens is 850 g/mol. The van der Waals surface area contributed by atoms with E-state index in [-0.39, 0.29) is 67.2 Å². The summed E-state index contributed by atoms with van der Waals surface area (Å²) in [6, 6.07) is 20.8. The molecule has 4 bridgehead atoms. The summed E-state index contributed by atoms with van der Waals surface area (Å²) in [4.78, 5) is 98.4. The highest BCUT2D eigenvalue weighted by molar-refractivity contribution is 6.30. The van der Waals surface area contributed by atoms with Crippen LogP contribution in [0.1, 0.15) is 86.8 Å². The average molecular weight is 908 g/mol. The van der Waals surface area contributed by atoms with Gasteiger partial charge in [-0.15, -0.1) is 0 Å². The molecule has 1 aliphatic heterocycles. The second-order valence-electron chi connectivity index (χ2n) is 16.9. The van der Waals surface area contributed by atoms with Crippen LogP contribution in [0.15, 0.2) is 84.9 Å². The fourth-order valence-electron chi connectivity index (χ4n) is 8.26. The van der Waals surface area contributed by atoms with Crippen LogP contribution in [0.3, 0.4) is 0 Å². The number of ketones is 3. The SMILES string of the molecule is CCN(CC(N)=O)C(=O)[C@H](C)CC(=O)[C@@H]1Cc2ccc(O)c(c2)-c2cc(ccc2O)[C@H](N(C)C(=O)[C@H](CCCCN)CC(=O)c2ccc(-c3ccc(Cl)cc3)cc2)C(=O)C[C@@H](C)C(=O)N1. The molecule has 5 atom stereocenters. The number of rotatable bonds is 17. The number of Topliss-reactive ketones (excluding diaryl/α,β-unsaturated/α-hetero) is 3. The van der Waals surface area contributed by atoms with E-state index in [2.05, 4.69) is 5.32 Å². The monoisotopic (exact) mass is 907 g/mol. The lowest BCUT2D eigenvalue weighted by Crippen LogP contribution is -2.47. The van der Waals surface area contributed by atoms with Crippen molar-refractivity contribution in [2.45, 2.75) is 77.8 Å². The quantitative estimate of drug-likeness (QED) is 0.0598. The summed E-state index contributed by atoms with van der Waals surface area (Å²) in [6.45, 7) is 4.99. The van der Waals surface area contributed by atoms with Crippen molar-refractivity contribution in [1.82, 2.24) is 15.1 Å². The van der Waals surface area contributed by atoms with E-state index in [0.29, 0.717) is 47.5 Å². The molecule has 0 unspecified atom stereocenters. The van der Waals surface area contributed by atoms with Gasteiger partial charge >= 0.3 is 0 Å². The lowest BCUT2D eigenvalue weighted by Gasteiger charge is -2.32. The first-order valence-corrected chi connectivity index (χ1v) is 22.2. The van der Waals surface area contributed by atoms with Gasteiger partial charge in [0.05, 0.1) is 12.6 Å². The third-order valence-corrected chi connectivity index (χ3v) is 12.2. The van der Waals surface area contributed by atoms with Gasteiger partial charge in [-0.2, -0.15) is 0 Å². The van der Waals surface area contributed by atoms with Gasteiger partial charge in [-0.3, -0.25) is 33.6 Å². The highest BCUT2D eigenvalue weighted by Crippen LogP contribution is 2.40. The Hall–Kier alpha value is -6.38. The number of phenolic OH excluding ortho intramolecular Hbond substituents is 2. The summed E-state index contributed by atoms with van der Waals surface area (Å²) in [6.07, 6.45) is 0.560. The predicted octanol–water partition coefficient (Wildman–Crippen LogP) is 6.17. The van der Waals surface area contributed by atoms with Crippen molar-refractivity contribution < 1.29 is 43.8 Å². The molecule has 0 spiro atoms. The first-order chi connectivity index (χ1) is 30.9. The third kappa shape index (κ3) is 12.7. The minimum absolute atomic E-state index is 0.0602. The molecule has 4 aromatic carbocycles. The maximum absolute atomic E-state index is 14.7. The van der Waals surface area contributed by atoms with Crippen LogP contribution in [-0.2, 0) is 35.2 Å². The van der Waals surface area contributed by atoms with Crippen LogP contribution < -0.4 is 16.8 Å². The number of halogens is 1. The Bertz CT molecular complexity index is 2400. The van der Waals surface area contributed by atoms with E-state index in [9.17, 15) is 43.8 Å². The highest BCUT2D eigenvalue weighted by atomic mass is 35.5. The molecular formula is C50H58ClN5O9. The number of benzene rings is 4. The number of nitrogens with zero attached hydrogens (tertiary/aromatic N) is 2. The zero-order valence-electron chi connectivity index (χ0n) is 37.2. The van der Waals surface area contributed by atoms with Crippen LogP contribution >= 0.6 is 11.6 Å². The summed E-state index contributed by atoms with van der Waals surface area (Å²) in [5.74, 6) is -6.76. The molecule has 65 heavy (non-hydrogen) atoms. The Morgan fingerprint density at radius 1 is 0.831 bits per heavy atom. The molecule has 14 nitrogen and oxygen atoms in total. The number of unbranched alkanes of at least 4 members (excludes halogenated alkanes) is 1. The van der Waals surface area contributed by atoms with Gasteiger partial charge in [0.1, 0.15) is 17.5 Å². The van der Waals surface area contributed by atoms with Crippen molar-refractivity contribution in [2.24, 2.45) is 29.2 Å². The Balaban J connectivity index is 1.47. The smallest absolute Gasteiger partial charge is 0.237 e. The Labute approximate surface area is 384 Å². The van der Waals surface area contributed by atoms with Crippen LogP contribution in [0.5, 0.6) is 11.5 Å². The van der Waals surface area contributed by atoms with E-state index in [0.717, 1.165) is 11.1 Å². The van der Waals surface area contributed by atoms with Gasteiger partial charge in [-0.1, -0.05) is 80.4 Å². The molecule has 344 valence electrons. The van der Waals surface area contributed by atoms with E-state index in [4.69, 9.17) is 23.1 Å². The van der Waals surface area contributed by atoms with Gasteiger partial charge < -0.3 is 36.8 Å². The number of amides is 4. The van der Waals surface area contributed by atoms with Gasteiger partial charge in [0.25, 0.3) is 0 Å². The predicted molar refractivity (Wildman–Crippen MR) is 248 cm³/mol. The lowest BCUT2D eigenvalue weighted by atomic mass is 9.87. The molecule has 5 rings (SSSR count). The number of fused-ring (bicyclic) bond motifs is 5.